The minimum Gasteiger partial charge on any atom is -0.508 e. The van der Waals surface area contributed by atoms with Gasteiger partial charge in [-0.1, -0.05) is 24.3 Å². The van der Waals surface area contributed by atoms with E-state index in [-0.39, 0.29) is 22.6 Å². The van der Waals surface area contributed by atoms with Gasteiger partial charge in [-0.3, -0.25) is 24.0 Å². The van der Waals surface area contributed by atoms with Gasteiger partial charge >= 0.3 is 17.7 Å². The summed E-state index contributed by atoms with van der Waals surface area (Å²) in [6.07, 6.45) is 0. The van der Waals surface area contributed by atoms with E-state index in [0.717, 1.165) is 50.4 Å². The number of hydrogen-bond donors (Lipinski definition) is 10. The number of carbonyl (C=O) groups is 6. The molecule has 43 heavy (non-hydrogen) atoms. The van der Waals surface area contributed by atoms with Crippen LogP contribution in [-0.4, -0.2) is 97.8 Å². The number of carbonyl (C=O) groups excluding carboxylic acids is 4. The number of benzene rings is 2. The van der Waals surface area contributed by atoms with Crippen LogP contribution >= 0.6 is 0 Å². The van der Waals surface area contributed by atoms with Gasteiger partial charge in [0.05, 0.1) is 6.61 Å². The van der Waals surface area contributed by atoms with Crippen molar-refractivity contribution in [2.75, 3.05) is 13.7 Å². The molecule has 0 aliphatic rings. The minimum absolute atomic E-state index is 0.00911. The van der Waals surface area contributed by atoms with Crippen LogP contribution in [0, 0.1) is 0 Å². The molecule has 0 bridgehead atoms. The van der Waals surface area contributed by atoms with Gasteiger partial charge in [-0.15, -0.1) is 0 Å². The number of hydrogen-bond acceptors (Lipinski definition) is 11. The molecule has 0 aromatic heterocycles. The summed E-state index contributed by atoms with van der Waals surface area (Å²) in [5.41, 5.74) is -0.0706. The van der Waals surface area contributed by atoms with E-state index in [0.29, 0.717) is 0 Å². The van der Waals surface area contributed by atoms with E-state index in [4.69, 9.17) is 14.9 Å². The number of aliphatic hydroxyl groups is 2. The lowest BCUT2D eigenvalue weighted by atomic mass is 10.0. The Kier molecular flexibility index (Phi) is 11.5. The van der Waals surface area contributed by atoms with Crippen LogP contribution in [0.1, 0.15) is 30.1 Å². The molecule has 1 unspecified atom stereocenters. The fourth-order valence-corrected chi connectivity index (χ4v) is 3.48. The number of aliphatic hydroxyl groups excluding tert-OH is 1. The smallest absolute Gasteiger partial charge is 0.328 e. The summed E-state index contributed by atoms with van der Waals surface area (Å²) in [6.45, 7) is 0.109. The summed E-state index contributed by atoms with van der Waals surface area (Å²) in [5, 5.41) is 65.9. The Morgan fingerprint density at radius 3 is 1.44 bits per heavy atom. The van der Waals surface area contributed by atoms with E-state index < -0.39 is 72.1 Å². The molecule has 5 atom stereocenters. The number of phenolic OH excluding ortho intramolecular Hbond substituents is 2. The Bertz CT molecular complexity index is 1350. The van der Waals surface area contributed by atoms with Gasteiger partial charge in [-0.2, -0.15) is 0 Å². The number of carboxylic acid groups (broad SMARTS) is 2. The molecule has 2 rings (SSSR count). The molecule has 0 saturated heterocycles. The Morgan fingerprint density at radius 1 is 0.721 bits per heavy atom. The standard InChI is InChI=1S/C26H30N4O13/c1-12(22(36)37)27-20(34)18(13-3-7-15(32)8-4-13)29-24(40)26(42,43-2)25(41)30-19(14-5-9-16(33)10-6-14)21(35)28-17(11-31)23(38)39/h3-10,12,17-19,31-33,42H,11H2,1-2H3,(H,27,34)(H,28,35)(H,29,40)(H,30,41)(H,36,37)(H,38,39)/t12-,17-,18+,19+,26?/m0/s1. The highest BCUT2D eigenvalue weighted by Crippen LogP contribution is 2.22. The number of nitrogens with one attached hydrogen (secondary N) is 4. The zero-order valence-corrected chi connectivity index (χ0v) is 22.7. The highest BCUT2D eigenvalue weighted by molar-refractivity contribution is 6.09. The van der Waals surface area contributed by atoms with Crippen LogP contribution in [0.25, 0.3) is 0 Å². The van der Waals surface area contributed by atoms with E-state index in [9.17, 15) is 49.2 Å². The van der Waals surface area contributed by atoms with Crippen molar-refractivity contribution in [1.82, 2.24) is 21.3 Å². The van der Waals surface area contributed by atoms with Crippen molar-refractivity contribution in [1.29, 1.82) is 0 Å². The van der Waals surface area contributed by atoms with Gasteiger partial charge in [0.1, 0.15) is 35.7 Å². The second-order valence-corrected chi connectivity index (χ2v) is 8.99. The van der Waals surface area contributed by atoms with E-state index in [2.05, 4.69) is 10.6 Å². The third-order valence-electron chi connectivity index (χ3n) is 5.97. The third-order valence-corrected chi connectivity index (χ3v) is 5.97. The molecule has 0 aliphatic carbocycles. The molecule has 0 saturated carbocycles. The SMILES string of the molecule is COC(O)(C(=O)N[C@@H](C(=O)N[C@@H](C)C(=O)O)c1ccc(O)cc1)C(=O)N[C@@H](C(=O)N[C@@H](CO)C(=O)O)c1ccc(O)cc1. The summed E-state index contributed by atoms with van der Waals surface area (Å²) in [5.74, 6) is -12.5. The molecule has 2 aromatic rings. The third kappa shape index (κ3) is 8.62. The van der Waals surface area contributed by atoms with E-state index in [1.54, 1.807) is 0 Å². The fraction of sp³-hybridized carbons (Fsp3) is 0.308. The van der Waals surface area contributed by atoms with Crippen LogP contribution in [0.2, 0.25) is 0 Å². The summed E-state index contributed by atoms with van der Waals surface area (Å²) in [6, 6.07) is 2.48. The lowest BCUT2D eigenvalue weighted by Gasteiger charge is -2.29. The fourth-order valence-electron chi connectivity index (χ4n) is 3.48. The largest absolute Gasteiger partial charge is 0.508 e. The average Bonchev–Trinajstić information content (AvgIpc) is 2.97. The summed E-state index contributed by atoms with van der Waals surface area (Å²) in [7, 11) is 0.739. The zero-order chi connectivity index (χ0) is 32.5. The van der Waals surface area contributed by atoms with Crippen LogP contribution < -0.4 is 21.3 Å². The maximum absolute atomic E-state index is 13.2. The maximum atomic E-state index is 13.2. The molecule has 0 radical (unpaired) electrons. The first kappa shape index (κ1) is 33.9. The van der Waals surface area contributed by atoms with Crippen molar-refractivity contribution < 1.29 is 64.1 Å². The average molecular weight is 607 g/mol. The van der Waals surface area contributed by atoms with Crippen molar-refractivity contribution in [2.24, 2.45) is 0 Å². The first-order chi connectivity index (χ1) is 20.1. The quantitative estimate of drug-likeness (QED) is 0.0794. The first-order valence-corrected chi connectivity index (χ1v) is 12.3. The Balaban J connectivity index is 2.42. The van der Waals surface area contributed by atoms with Gasteiger partial charge < -0.3 is 56.6 Å². The predicted molar refractivity (Wildman–Crippen MR) is 142 cm³/mol. The zero-order valence-electron chi connectivity index (χ0n) is 22.7. The van der Waals surface area contributed by atoms with Gasteiger partial charge in [-0.25, -0.2) is 4.79 Å². The monoisotopic (exact) mass is 606 g/mol. The molecule has 17 nitrogen and oxygen atoms in total. The second-order valence-electron chi connectivity index (χ2n) is 8.99. The maximum Gasteiger partial charge on any atom is 0.328 e. The van der Waals surface area contributed by atoms with Crippen LogP contribution in [0.15, 0.2) is 48.5 Å². The topological polar surface area (TPSA) is 281 Å². The number of amides is 4. The van der Waals surface area contributed by atoms with Crippen LogP contribution in [0.5, 0.6) is 11.5 Å². The summed E-state index contributed by atoms with van der Waals surface area (Å²) in [4.78, 5) is 74.8. The van der Waals surface area contributed by atoms with Crippen molar-refractivity contribution in [2.45, 2.75) is 36.9 Å². The lowest BCUT2D eigenvalue weighted by molar-refractivity contribution is -0.202. The number of rotatable bonds is 14. The van der Waals surface area contributed by atoms with Gasteiger partial charge in [0.2, 0.25) is 11.8 Å². The van der Waals surface area contributed by atoms with E-state index in [1.807, 2.05) is 10.6 Å². The molecule has 0 fully saturated rings. The summed E-state index contributed by atoms with van der Waals surface area (Å²) < 4.78 is 4.75. The van der Waals surface area contributed by atoms with Crippen LogP contribution in [-0.2, 0) is 33.5 Å². The second kappa shape index (κ2) is 14.6. The van der Waals surface area contributed by atoms with E-state index >= 15 is 0 Å². The number of methoxy groups -OCH3 is 1. The highest BCUT2D eigenvalue weighted by Gasteiger charge is 2.48. The van der Waals surface area contributed by atoms with Crippen molar-refractivity contribution in [3.05, 3.63) is 59.7 Å². The van der Waals surface area contributed by atoms with Crippen molar-refractivity contribution >= 4 is 35.6 Å². The number of ether oxygens (including phenoxy) is 1. The molecule has 17 heteroatoms. The minimum atomic E-state index is -3.44. The van der Waals surface area contributed by atoms with Gasteiger partial charge in [0.25, 0.3) is 11.8 Å². The summed E-state index contributed by atoms with van der Waals surface area (Å²) >= 11 is 0. The predicted octanol–water partition coefficient (Wildman–Crippen LogP) is -2.40. The molecule has 232 valence electrons. The molecule has 0 spiro atoms. The number of aliphatic carboxylic acids is 2. The molecular weight excluding hydrogens is 576 g/mol. The molecule has 2 aromatic carbocycles. The Hall–Kier alpha value is -5.26. The number of carboxylic acids is 2. The molecule has 0 heterocycles. The Labute approximate surface area is 243 Å². The number of phenols is 2. The Morgan fingerprint density at radius 2 is 1.12 bits per heavy atom. The number of aromatic hydroxyl groups is 2. The first-order valence-electron chi connectivity index (χ1n) is 12.3. The van der Waals surface area contributed by atoms with Crippen molar-refractivity contribution in [3.63, 3.8) is 0 Å². The van der Waals surface area contributed by atoms with E-state index in [1.165, 1.54) is 12.1 Å². The molecule has 4 amide bonds. The lowest BCUT2D eigenvalue weighted by Crippen LogP contribution is -2.61. The molecule has 0 aliphatic heterocycles. The molecule has 10 N–H and O–H groups in total. The van der Waals surface area contributed by atoms with Crippen LogP contribution in [0.3, 0.4) is 0 Å². The highest BCUT2D eigenvalue weighted by atomic mass is 16.6. The van der Waals surface area contributed by atoms with Crippen LogP contribution in [0.4, 0.5) is 0 Å². The molecular formula is C26H30N4O13. The van der Waals surface area contributed by atoms with Gasteiger partial charge in [0, 0.05) is 7.11 Å². The normalized spacial score (nSPS) is 15.0. The van der Waals surface area contributed by atoms with Gasteiger partial charge in [-0.05, 0) is 42.3 Å². The van der Waals surface area contributed by atoms with Crippen molar-refractivity contribution in [3.8, 4) is 11.5 Å². The van der Waals surface area contributed by atoms with Gasteiger partial charge in [0.15, 0.2) is 0 Å².